The number of fused-ring (bicyclic) bond motifs is 1. The summed E-state index contributed by atoms with van der Waals surface area (Å²) in [7, 11) is 0. The maximum atomic E-state index is 4.82. The predicted molar refractivity (Wildman–Crippen MR) is 99.8 cm³/mol. The molecule has 0 bridgehead atoms. The van der Waals surface area contributed by atoms with Crippen molar-refractivity contribution < 1.29 is 0 Å². The lowest BCUT2D eigenvalue weighted by atomic mass is 10.0. The van der Waals surface area contributed by atoms with Crippen LogP contribution >= 0.6 is 0 Å². The zero-order valence-corrected chi connectivity index (χ0v) is 14.2. The Hall–Kier alpha value is -2.15. The Morgan fingerprint density at radius 3 is 2.43 bits per heavy atom. The first-order valence-electron chi connectivity index (χ1n) is 8.73. The minimum Gasteiger partial charge on any atom is -0.248 e. The van der Waals surface area contributed by atoms with Crippen molar-refractivity contribution >= 4 is 10.9 Å². The second-order valence-electron chi connectivity index (χ2n) is 6.35. The molecule has 3 rings (SSSR count). The predicted octanol–water partition coefficient (Wildman–Crippen LogP) is 6.33. The van der Waals surface area contributed by atoms with E-state index in [1.165, 1.54) is 54.2 Å². The van der Waals surface area contributed by atoms with Gasteiger partial charge in [0.25, 0.3) is 0 Å². The van der Waals surface area contributed by atoms with Gasteiger partial charge in [-0.25, -0.2) is 4.98 Å². The zero-order chi connectivity index (χ0) is 16.1. The van der Waals surface area contributed by atoms with Gasteiger partial charge in [-0.15, -0.1) is 0 Å². The van der Waals surface area contributed by atoms with Crippen molar-refractivity contribution in [2.75, 3.05) is 0 Å². The van der Waals surface area contributed by atoms with Crippen LogP contribution in [0.25, 0.3) is 22.2 Å². The molecule has 0 saturated heterocycles. The average Bonchev–Trinajstić information content (AvgIpc) is 2.59. The van der Waals surface area contributed by atoms with Crippen LogP contribution in [0.1, 0.15) is 43.7 Å². The second-order valence-corrected chi connectivity index (χ2v) is 6.35. The van der Waals surface area contributed by atoms with E-state index >= 15 is 0 Å². The number of pyridine rings is 1. The van der Waals surface area contributed by atoms with Crippen LogP contribution in [0.4, 0.5) is 0 Å². The highest BCUT2D eigenvalue weighted by Crippen LogP contribution is 2.24. The fourth-order valence-electron chi connectivity index (χ4n) is 3.10. The van der Waals surface area contributed by atoms with Gasteiger partial charge in [0.2, 0.25) is 0 Å². The molecule has 0 atom stereocenters. The quantitative estimate of drug-likeness (QED) is 0.485. The molecule has 1 aromatic heterocycles. The number of aromatic nitrogens is 1. The largest absolute Gasteiger partial charge is 0.248 e. The van der Waals surface area contributed by atoms with E-state index in [2.05, 4.69) is 68.4 Å². The van der Waals surface area contributed by atoms with Crippen molar-refractivity contribution in [1.82, 2.24) is 4.98 Å². The van der Waals surface area contributed by atoms with E-state index in [-0.39, 0.29) is 0 Å². The summed E-state index contributed by atoms with van der Waals surface area (Å²) >= 11 is 0. The molecule has 1 nitrogen and oxygen atoms in total. The lowest BCUT2D eigenvalue weighted by molar-refractivity contribution is 0.667. The van der Waals surface area contributed by atoms with Crippen molar-refractivity contribution in [2.45, 2.75) is 46.0 Å². The summed E-state index contributed by atoms with van der Waals surface area (Å²) in [4.78, 5) is 4.82. The fraction of sp³-hybridized carbons (Fsp3) is 0.318. The number of hydrogen-bond donors (Lipinski definition) is 0. The number of nitrogens with zero attached hydrogens (tertiary/aromatic N) is 1. The molecule has 0 aliphatic heterocycles. The van der Waals surface area contributed by atoms with Crippen molar-refractivity contribution in [3.8, 4) is 11.3 Å². The lowest BCUT2D eigenvalue weighted by Crippen LogP contribution is -1.90. The molecule has 0 N–H and O–H groups in total. The van der Waals surface area contributed by atoms with Gasteiger partial charge >= 0.3 is 0 Å². The third kappa shape index (κ3) is 3.79. The topological polar surface area (TPSA) is 12.9 Å². The summed E-state index contributed by atoms with van der Waals surface area (Å²) < 4.78 is 0. The molecular weight excluding hydrogens is 278 g/mol. The van der Waals surface area contributed by atoms with Gasteiger partial charge in [-0.1, -0.05) is 68.7 Å². The minimum absolute atomic E-state index is 1.07. The SMILES string of the molecule is CCCCCCc1ccc(-c2cc(C)c3ccccc3n2)cc1. The van der Waals surface area contributed by atoms with Crippen LogP contribution in [0.5, 0.6) is 0 Å². The van der Waals surface area contributed by atoms with E-state index < -0.39 is 0 Å². The van der Waals surface area contributed by atoms with Crippen LogP contribution in [-0.4, -0.2) is 4.98 Å². The zero-order valence-electron chi connectivity index (χ0n) is 14.2. The van der Waals surface area contributed by atoms with Gasteiger partial charge in [0.1, 0.15) is 0 Å². The van der Waals surface area contributed by atoms with Gasteiger partial charge in [0.15, 0.2) is 0 Å². The monoisotopic (exact) mass is 303 g/mol. The van der Waals surface area contributed by atoms with Gasteiger partial charge < -0.3 is 0 Å². The van der Waals surface area contributed by atoms with E-state index in [9.17, 15) is 0 Å². The summed E-state index contributed by atoms with van der Waals surface area (Å²) in [6, 6.07) is 19.5. The summed E-state index contributed by atoms with van der Waals surface area (Å²) in [6.45, 7) is 4.42. The third-order valence-electron chi connectivity index (χ3n) is 4.49. The highest BCUT2D eigenvalue weighted by Gasteiger charge is 2.05. The number of para-hydroxylation sites is 1. The van der Waals surface area contributed by atoms with Gasteiger partial charge in [-0.2, -0.15) is 0 Å². The number of unbranched alkanes of at least 4 members (excludes halogenated alkanes) is 3. The Bertz CT molecular complexity index is 772. The van der Waals surface area contributed by atoms with E-state index in [0.29, 0.717) is 0 Å². The average molecular weight is 303 g/mol. The van der Waals surface area contributed by atoms with Crippen LogP contribution in [0.3, 0.4) is 0 Å². The molecule has 0 aliphatic carbocycles. The molecule has 0 amide bonds. The summed E-state index contributed by atoms with van der Waals surface area (Å²) in [6.07, 6.45) is 6.46. The highest BCUT2D eigenvalue weighted by atomic mass is 14.7. The number of rotatable bonds is 6. The van der Waals surface area contributed by atoms with Crippen LogP contribution in [-0.2, 0) is 6.42 Å². The second kappa shape index (κ2) is 7.41. The van der Waals surface area contributed by atoms with Crippen molar-refractivity contribution in [1.29, 1.82) is 0 Å². The number of aryl methyl sites for hydroxylation is 2. The molecule has 1 heteroatoms. The van der Waals surface area contributed by atoms with Gasteiger partial charge in [0.05, 0.1) is 11.2 Å². The first-order valence-corrected chi connectivity index (χ1v) is 8.73. The Balaban J connectivity index is 1.79. The third-order valence-corrected chi connectivity index (χ3v) is 4.49. The summed E-state index contributed by atoms with van der Waals surface area (Å²) in [5.74, 6) is 0. The minimum atomic E-state index is 1.07. The van der Waals surface area contributed by atoms with E-state index in [1.807, 2.05) is 0 Å². The number of hydrogen-bond acceptors (Lipinski definition) is 1. The van der Waals surface area contributed by atoms with Crippen LogP contribution < -0.4 is 0 Å². The molecule has 2 aromatic carbocycles. The maximum absolute atomic E-state index is 4.82. The van der Waals surface area contributed by atoms with Crippen LogP contribution in [0, 0.1) is 6.92 Å². The van der Waals surface area contributed by atoms with Crippen LogP contribution in [0.2, 0.25) is 0 Å². The Kier molecular flexibility index (Phi) is 5.07. The van der Waals surface area contributed by atoms with E-state index in [1.54, 1.807) is 0 Å². The molecule has 0 fully saturated rings. The Morgan fingerprint density at radius 1 is 0.870 bits per heavy atom. The molecule has 0 saturated carbocycles. The molecule has 3 aromatic rings. The first-order chi connectivity index (χ1) is 11.3. The molecule has 118 valence electrons. The maximum Gasteiger partial charge on any atom is 0.0712 e. The lowest BCUT2D eigenvalue weighted by Gasteiger charge is -2.08. The smallest absolute Gasteiger partial charge is 0.0712 e. The normalized spacial score (nSPS) is 11.0. The number of benzene rings is 2. The fourth-order valence-corrected chi connectivity index (χ4v) is 3.10. The Morgan fingerprint density at radius 2 is 1.65 bits per heavy atom. The van der Waals surface area contributed by atoms with Crippen LogP contribution in [0.15, 0.2) is 54.6 Å². The van der Waals surface area contributed by atoms with Crippen molar-refractivity contribution in [2.24, 2.45) is 0 Å². The highest BCUT2D eigenvalue weighted by molar-refractivity contribution is 5.84. The molecular formula is C22H25N. The first kappa shape index (κ1) is 15.7. The molecule has 23 heavy (non-hydrogen) atoms. The summed E-state index contributed by atoms with van der Waals surface area (Å²) in [5.41, 5.74) is 6.07. The van der Waals surface area contributed by atoms with E-state index in [4.69, 9.17) is 4.98 Å². The summed E-state index contributed by atoms with van der Waals surface area (Å²) in [5, 5.41) is 1.24. The van der Waals surface area contributed by atoms with Gasteiger partial charge in [0, 0.05) is 10.9 Å². The molecule has 0 aliphatic rings. The van der Waals surface area contributed by atoms with E-state index in [0.717, 1.165) is 11.2 Å². The van der Waals surface area contributed by atoms with Gasteiger partial charge in [-0.3, -0.25) is 0 Å². The van der Waals surface area contributed by atoms with Crippen molar-refractivity contribution in [3.05, 3.63) is 65.7 Å². The Labute approximate surface area is 139 Å². The molecule has 1 heterocycles. The standard InChI is InChI=1S/C22H25N/c1-3-4-5-6-9-18-12-14-19(15-13-18)22-16-17(2)20-10-7-8-11-21(20)23-22/h7-8,10-16H,3-6,9H2,1-2H3. The molecule has 0 radical (unpaired) electrons. The molecule has 0 unspecified atom stereocenters. The van der Waals surface area contributed by atoms with Crippen molar-refractivity contribution in [3.63, 3.8) is 0 Å². The van der Waals surface area contributed by atoms with Gasteiger partial charge in [-0.05, 0) is 43.0 Å². The molecule has 0 spiro atoms.